The highest BCUT2D eigenvalue weighted by molar-refractivity contribution is 6.06. The molecule has 0 saturated carbocycles. The zero-order chi connectivity index (χ0) is 49.9. The first-order valence-electron chi connectivity index (χ1n) is 24.8. The van der Waals surface area contributed by atoms with E-state index in [1.807, 2.05) is 62.4 Å². The number of hydrogen-bond acceptors (Lipinski definition) is 11. The van der Waals surface area contributed by atoms with Crippen molar-refractivity contribution in [1.29, 1.82) is 5.41 Å². The second-order valence-electron chi connectivity index (χ2n) is 18.5. The summed E-state index contributed by atoms with van der Waals surface area (Å²) >= 11 is 0. The number of carbonyl (C=O) groups excluding carboxylic acids is 5. The van der Waals surface area contributed by atoms with Crippen LogP contribution in [0.25, 0.3) is 21.9 Å². The number of imidazole rings is 1. The number of pyridine rings is 1. The van der Waals surface area contributed by atoms with Gasteiger partial charge in [-0.25, -0.2) is 9.97 Å². The number of rotatable bonds is 28. The summed E-state index contributed by atoms with van der Waals surface area (Å²) in [6.07, 6.45) is 7.91. The van der Waals surface area contributed by atoms with Crippen LogP contribution in [0.15, 0.2) is 48.5 Å². The molecule has 19 heteroatoms. The van der Waals surface area contributed by atoms with Crippen LogP contribution >= 0.6 is 0 Å². The van der Waals surface area contributed by atoms with Crippen LogP contribution < -0.4 is 49.5 Å². The van der Waals surface area contributed by atoms with Crippen LogP contribution in [0.4, 0.5) is 5.82 Å². The predicted molar refractivity (Wildman–Crippen MR) is 270 cm³/mol. The van der Waals surface area contributed by atoms with Gasteiger partial charge in [0.15, 0.2) is 11.8 Å². The van der Waals surface area contributed by atoms with Crippen molar-refractivity contribution in [2.45, 2.75) is 148 Å². The lowest BCUT2D eigenvalue weighted by Crippen LogP contribution is -2.58. The van der Waals surface area contributed by atoms with Gasteiger partial charge < -0.3 is 59.0 Å². The molecule has 5 amide bonds. The third kappa shape index (κ3) is 15.6. The van der Waals surface area contributed by atoms with E-state index in [4.69, 9.17) is 33.3 Å². The zero-order valence-corrected chi connectivity index (χ0v) is 40.8. The summed E-state index contributed by atoms with van der Waals surface area (Å²) in [5, 5.41) is 23.0. The third-order valence-corrected chi connectivity index (χ3v) is 12.5. The van der Waals surface area contributed by atoms with Gasteiger partial charge in [0.1, 0.15) is 35.5 Å². The fraction of sp³-hybridized carbons (Fsp3) is 0.560. The van der Waals surface area contributed by atoms with Crippen molar-refractivity contribution in [3.8, 4) is 0 Å². The third-order valence-electron chi connectivity index (χ3n) is 12.5. The molecule has 2 aromatic carbocycles. The Balaban J connectivity index is 1.26. The monoisotopic (exact) mass is 953 g/mol. The molecule has 1 aliphatic heterocycles. The summed E-state index contributed by atoms with van der Waals surface area (Å²) in [5.74, 6) is -0.873. The number of carbonyl (C=O) groups is 5. The maximum atomic E-state index is 14.1. The number of nitrogen functional groups attached to an aromatic ring is 1. The van der Waals surface area contributed by atoms with Crippen LogP contribution in [0.2, 0.25) is 0 Å². The van der Waals surface area contributed by atoms with Crippen molar-refractivity contribution in [1.82, 2.24) is 46.0 Å². The Bertz CT molecular complexity index is 2350. The van der Waals surface area contributed by atoms with Crippen LogP contribution in [0.5, 0.6) is 0 Å². The number of hydrogen-bond donors (Lipinski definition) is 10. The number of nitrogens with zero attached hydrogens (tertiary/aromatic N) is 4. The molecule has 0 spiro atoms. The molecule has 19 nitrogen and oxygen atoms in total. The van der Waals surface area contributed by atoms with Gasteiger partial charge in [0.05, 0.1) is 11.0 Å². The van der Waals surface area contributed by atoms with Crippen LogP contribution in [0.1, 0.15) is 121 Å². The molecule has 0 radical (unpaired) electrons. The molecule has 4 unspecified atom stereocenters. The number of nitrogens with two attached hydrogens (primary N) is 4. The van der Waals surface area contributed by atoms with Gasteiger partial charge in [0.25, 0.3) is 0 Å². The van der Waals surface area contributed by atoms with Crippen molar-refractivity contribution >= 4 is 63.2 Å². The molecule has 0 bridgehead atoms. The number of para-hydroxylation sites is 1. The summed E-state index contributed by atoms with van der Waals surface area (Å²) in [4.78, 5) is 80.0. The molecule has 1 aliphatic rings. The smallest absolute Gasteiger partial charge is 0.245 e. The Morgan fingerprint density at radius 3 is 2.23 bits per heavy atom. The van der Waals surface area contributed by atoms with Crippen molar-refractivity contribution in [2.24, 2.45) is 23.1 Å². The van der Waals surface area contributed by atoms with Crippen LogP contribution in [0.3, 0.4) is 0 Å². The summed E-state index contributed by atoms with van der Waals surface area (Å²) in [6, 6.07) is 12.3. The minimum absolute atomic E-state index is 0.0105. The Hall–Kier alpha value is -6.34. The molecule has 1 saturated heterocycles. The van der Waals surface area contributed by atoms with Gasteiger partial charge in [-0.3, -0.25) is 29.4 Å². The highest BCUT2D eigenvalue weighted by atomic mass is 16.2. The molecule has 2 aromatic heterocycles. The number of aromatic nitrogens is 3. The number of likely N-dealkylation sites (tertiary alicyclic amines) is 1. The molecule has 5 rings (SSSR count). The highest BCUT2D eigenvalue weighted by Crippen LogP contribution is 2.30. The van der Waals surface area contributed by atoms with E-state index in [2.05, 4.69) is 43.1 Å². The molecule has 3 heterocycles. The lowest BCUT2D eigenvalue weighted by Gasteiger charge is -2.30. The Morgan fingerprint density at radius 1 is 0.812 bits per heavy atom. The van der Waals surface area contributed by atoms with E-state index >= 15 is 0 Å². The SMILES string of the molecule is CCCCc1nc2c(N)nc3ccccc3c2n1Cc1ccc(CNC(=O)C(CCCNC(=N)N)NC(=O)C(CC(C)C)NC(=O)C2CCCN2C(=O)C(CCCCN)NC(=O)CCCCN)cc1. The highest BCUT2D eigenvalue weighted by Gasteiger charge is 2.39. The van der Waals surface area contributed by atoms with Gasteiger partial charge in [-0.2, -0.15) is 0 Å². The van der Waals surface area contributed by atoms with E-state index in [1.165, 1.54) is 4.90 Å². The summed E-state index contributed by atoms with van der Waals surface area (Å²) in [5.41, 5.74) is 27.6. The van der Waals surface area contributed by atoms with E-state index in [0.29, 0.717) is 95.4 Å². The molecular formula is C50H76N14O5. The van der Waals surface area contributed by atoms with Gasteiger partial charge in [0.2, 0.25) is 29.5 Å². The zero-order valence-electron chi connectivity index (χ0n) is 40.8. The summed E-state index contributed by atoms with van der Waals surface area (Å²) < 4.78 is 2.23. The van der Waals surface area contributed by atoms with Crippen LogP contribution in [-0.4, -0.2) is 105 Å². The minimum atomic E-state index is -1.00. The van der Waals surface area contributed by atoms with E-state index in [1.54, 1.807) is 0 Å². The minimum Gasteiger partial charge on any atom is -0.382 e. The lowest BCUT2D eigenvalue weighted by molar-refractivity contribution is -0.142. The number of unbranched alkanes of at least 4 members (excludes halogenated alkanes) is 3. The summed E-state index contributed by atoms with van der Waals surface area (Å²) in [7, 11) is 0. The van der Waals surface area contributed by atoms with Crippen LogP contribution in [-0.2, 0) is 43.5 Å². The van der Waals surface area contributed by atoms with Crippen molar-refractivity contribution in [3.05, 3.63) is 65.5 Å². The number of amides is 5. The van der Waals surface area contributed by atoms with E-state index in [-0.39, 0.29) is 49.5 Å². The standard InChI is InChI=1S/C50H76N14O5/c1-4-5-19-41-62-43-44(35-14-6-7-15-36(35)59-45(43)53)64(41)31-34-23-21-33(22-24-34)30-57-46(66)37(17-12-27-56-50(54)55)60-47(67)39(29-32(2)3)61-48(68)40-18-13-28-63(40)49(69)38(16-8-10-25-51)58-42(65)20-9-11-26-52/h6-7,14-15,21-24,32,37-40H,4-5,8-13,16-20,25-31,51-52H2,1-3H3,(H2,53,59)(H,57,66)(H,58,65)(H,60,67)(H,61,68)(H4,54,55,56). The van der Waals surface area contributed by atoms with Crippen LogP contribution in [0, 0.1) is 11.3 Å². The normalized spacial score (nSPS) is 14.9. The number of anilines is 1. The van der Waals surface area contributed by atoms with Gasteiger partial charge in [0, 0.05) is 44.4 Å². The molecule has 4 aromatic rings. The Kier molecular flexibility index (Phi) is 21.0. The fourth-order valence-corrected chi connectivity index (χ4v) is 8.85. The van der Waals surface area contributed by atoms with Gasteiger partial charge in [-0.15, -0.1) is 0 Å². The average Bonchev–Trinajstić information content (AvgIpc) is 3.97. The molecule has 1 fully saturated rings. The fourth-order valence-electron chi connectivity index (χ4n) is 8.85. The second kappa shape index (κ2) is 27.0. The quantitative estimate of drug-likeness (QED) is 0.0223. The first kappa shape index (κ1) is 53.6. The van der Waals surface area contributed by atoms with E-state index in [9.17, 15) is 24.0 Å². The van der Waals surface area contributed by atoms with Gasteiger partial charge >= 0.3 is 0 Å². The molecule has 14 N–H and O–H groups in total. The topological polar surface area (TPSA) is 307 Å². The first-order valence-corrected chi connectivity index (χ1v) is 24.8. The number of fused-ring (bicyclic) bond motifs is 3. The maximum Gasteiger partial charge on any atom is 0.245 e. The number of benzene rings is 2. The number of nitrogens with one attached hydrogen (secondary N) is 6. The predicted octanol–water partition coefficient (Wildman–Crippen LogP) is 3.19. The first-order chi connectivity index (χ1) is 33.2. The average molecular weight is 953 g/mol. The Labute approximate surface area is 405 Å². The largest absolute Gasteiger partial charge is 0.382 e. The molecular weight excluding hydrogens is 877 g/mol. The summed E-state index contributed by atoms with van der Waals surface area (Å²) in [6.45, 7) is 8.33. The molecule has 69 heavy (non-hydrogen) atoms. The molecule has 376 valence electrons. The van der Waals surface area contributed by atoms with Crippen molar-refractivity contribution < 1.29 is 24.0 Å². The molecule has 4 atom stereocenters. The van der Waals surface area contributed by atoms with Crippen molar-refractivity contribution in [3.63, 3.8) is 0 Å². The van der Waals surface area contributed by atoms with Gasteiger partial charge in [-0.1, -0.05) is 69.7 Å². The second-order valence-corrected chi connectivity index (χ2v) is 18.5. The van der Waals surface area contributed by atoms with Gasteiger partial charge in [-0.05, 0) is 107 Å². The maximum absolute atomic E-state index is 14.1. The lowest BCUT2D eigenvalue weighted by atomic mass is 10.0. The number of aryl methyl sites for hydroxylation is 1. The van der Waals surface area contributed by atoms with E-state index < -0.39 is 41.9 Å². The number of guanidine groups is 1. The Morgan fingerprint density at radius 2 is 1.52 bits per heavy atom. The molecule has 0 aliphatic carbocycles. The van der Waals surface area contributed by atoms with Crippen molar-refractivity contribution in [2.75, 3.05) is 31.9 Å². The van der Waals surface area contributed by atoms with E-state index in [0.717, 1.165) is 52.6 Å².